The molecule has 2 rings (SSSR count). The lowest BCUT2D eigenvalue weighted by atomic mass is 10.2. The van der Waals surface area contributed by atoms with Crippen LogP contribution < -0.4 is 5.32 Å². The Kier molecular flexibility index (Phi) is 6.52. The number of carbonyl (C=O) groups is 2. The zero-order valence-corrected chi connectivity index (χ0v) is 14.4. The molecule has 6 heteroatoms. The second-order valence-corrected chi connectivity index (χ2v) is 6.37. The highest BCUT2D eigenvalue weighted by molar-refractivity contribution is 7.22. The van der Waals surface area contributed by atoms with Crippen molar-refractivity contribution in [2.75, 3.05) is 11.9 Å². The molecule has 0 radical (unpaired) electrons. The first-order valence-electron chi connectivity index (χ1n) is 8.01. The van der Waals surface area contributed by atoms with E-state index in [2.05, 4.69) is 10.3 Å². The van der Waals surface area contributed by atoms with Crippen molar-refractivity contribution < 1.29 is 14.3 Å². The number of benzene rings is 1. The van der Waals surface area contributed by atoms with Crippen molar-refractivity contribution in [2.45, 2.75) is 46.0 Å². The molecule has 0 unspecified atom stereocenters. The van der Waals surface area contributed by atoms with Crippen LogP contribution in [0.1, 0.15) is 56.3 Å². The van der Waals surface area contributed by atoms with Gasteiger partial charge in [0.1, 0.15) is 0 Å². The zero-order chi connectivity index (χ0) is 16.7. The molecule has 2 aromatic rings. The van der Waals surface area contributed by atoms with Crippen LogP contribution in [0.15, 0.2) is 18.2 Å². The lowest BCUT2D eigenvalue weighted by molar-refractivity contribution is -0.116. The minimum absolute atomic E-state index is 0.0231. The number of amides is 1. The third-order valence-electron chi connectivity index (χ3n) is 3.36. The Bertz CT molecular complexity index is 682. The number of nitrogens with zero attached hydrogens (tertiary/aromatic N) is 1. The molecule has 1 heterocycles. The highest BCUT2D eigenvalue weighted by Gasteiger charge is 2.12. The third kappa shape index (κ3) is 5.03. The van der Waals surface area contributed by atoms with Crippen LogP contribution in [0.2, 0.25) is 0 Å². The van der Waals surface area contributed by atoms with E-state index in [0.717, 1.165) is 35.9 Å². The average molecular weight is 334 g/mol. The van der Waals surface area contributed by atoms with Crippen LogP contribution in [-0.2, 0) is 9.53 Å². The fourth-order valence-electron chi connectivity index (χ4n) is 2.02. The van der Waals surface area contributed by atoms with Gasteiger partial charge in [0.25, 0.3) is 0 Å². The summed E-state index contributed by atoms with van der Waals surface area (Å²) in [7, 11) is 0. The van der Waals surface area contributed by atoms with Crippen molar-refractivity contribution in [3.8, 4) is 0 Å². The highest BCUT2D eigenvalue weighted by Crippen LogP contribution is 2.27. The van der Waals surface area contributed by atoms with Crippen LogP contribution in [0.4, 0.5) is 5.13 Å². The van der Waals surface area contributed by atoms with Gasteiger partial charge in [-0.1, -0.05) is 38.0 Å². The number of hydrogen-bond acceptors (Lipinski definition) is 5. The Morgan fingerprint density at radius 2 is 2.00 bits per heavy atom. The molecule has 0 saturated heterocycles. The van der Waals surface area contributed by atoms with E-state index in [-0.39, 0.29) is 11.9 Å². The Labute approximate surface area is 140 Å². The fourth-order valence-corrected chi connectivity index (χ4v) is 2.94. The topological polar surface area (TPSA) is 68.3 Å². The lowest BCUT2D eigenvalue weighted by Gasteiger charge is -2.03. The van der Waals surface area contributed by atoms with E-state index in [1.807, 2.05) is 13.8 Å². The third-order valence-corrected chi connectivity index (χ3v) is 4.29. The number of hydrogen-bond donors (Lipinski definition) is 1. The van der Waals surface area contributed by atoms with Crippen LogP contribution in [-0.4, -0.2) is 23.5 Å². The molecule has 1 N–H and O–H groups in total. The van der Waals surface area contributed by atoms with Crippen LogP contribution >= 0.6 is 11.3 Å². The van der Waals surface area contributed by atoms with Crippen LogP contribution in [0, 0.1) is 0 Å². The van der Waals surface area contributed by atoms with E-state index in [1.54, 1.807) is 18.2 Å². The lowest BCUT2D eigenvalue weighted by Crippen LogP contribution is -2.10. The number of ether oxygens (including phenoxy) is 1. The summed E-state index contributed by atoms with van der Waals surface area (Å²) in [6.07, 6.45) is 4.20. The van der Waals surface area contributed by atoms with Gasteiger partial charge in [-0.05, 0) is 31.0 Å². The standard InChI is InChI=1S/C17H22N2O3S/c1-3-5-7-15(20)19-17-18-13-9-8-12(11-14(13)23-17)16(21)22-10-6-4-2/h8-9,11H,3-7,10H2,1-2H3,(H,18,19,20). The smallest absolute Gasteiger partial charge is 0.338 e. The van der Waals surface area contributed by atoms with Gasteiger partial charge in [-0.3, -0.25) is 4.79 Å². The quantitative estimate of drug-likeness (QED) is 0.574. The number of fused-ring (bicyclic) bond motifs is 1. The van der Waals surface area contributed by atoms with E-state index < -0.39 is 0 Å². The molecular weight excluding hydrogens is 312 g/mol. The van der Waals surface area contributed by atoms with Gasteiger partial charge >= 0.3 is 5.97 Å². The van der Waals surface area contributed by atoms with Crippen molar-refractivity contribution >= 4 is 38.6 Å². The van der Waals surface area contributed by atoms with Crippen molar-refractivity contribution in [3.05, 3.63) is 23.8 Å². The van der Waals surface area contributed by atoms with Gasteiger partial charge in [0, 0.05) is 6.42 Å². The molecule has 1 aromatic heterocycles. The Balaban J connectivity index is 2.05. The average Bonchev–Trinajstić information content (AvgIpc) is 2.94. The number of rotatable bonds is 8. The first-order chi connectivity index (χ1) is 11.1. The van der Waals surface area contributed by atoms with Crippen molar-refractivity contribution in [1.29, 1.82) is 0 Å². The molecule has 1 aromatic carbocycles. The summed E-state index contributed by atoms with van der Waals surface area (Å²) < 4.78 is 6.07. The van der Waals surface area contributed by atoms with Gasteiger partial charge < -0.3 is 10.1 Å². The fraction of sp³-hybridized carbons (Fsp3) is 0.471. The maximum Gasteiger partial charge on any atom is 0.338 e. The van der Waals surface area contributed by atoms with Gasteiger partial charge in [0.2, 0.25) is 5.91 Å². The molecule has 1 amide bonds. The molecule has 0 aliphatic carbocycles. The second-order valence-electron chi connectivity index (χ2n) is 5.34. The molecule has 0 atom stereocenters. The number of esters is 1. The molecule has 0 saturated carbocycles. The predicted octanol–water partition coefficient (Wildman–Crippen LogP) is 4.38. The van der Waals surface area contributed by atoms with E-state index in [1.165, 1.54) is 11.3 Å². The van der Waals surface area contributed by atoms with E-state index in [4.69, 9.17) is 4.74 Å². The molecule has 124 valence electrons. The maximum absolute atomic E-state index is 12.0. The summed E-state index contributed by atoms with van der Waals surface area (Å²) in [6.45, 7) is 4.54. The molecular formula is C17H22N2O3S. The van der Waals surface area contributed by atoms with E-state index in [0.29, 0.717) is 23.7 Å². The van der Waals surface area contributed by atoms with Crippen LogP contribution in [0.5, 0.6) is 0 Å². The van der Waals surface area contributed by atoms with Crippen LogP contribution in [0.3, 0.4) is 0 Å². The number of anilines is 1. The molecule has 0 bridgehead atoms. The van der Waals surface area contributed by atoms with Gasteiger partial charge in [-0.25, -0.2) is 9.78 Å². The normalized spacial score (nSPS) is 10.7. The summed E-state index contributed by atoms with van der Waals surface area (Å²) in [4.78, 5) is 28.1. The molecule has 0 aliphatic rings. The second kappa shape index (κ2) is 8.62. The first-order valence-corrected chi connectivity index (χ1v) is 8.83. The van der Waals surface area contributed by atoms with Crippen molar-refractivity contribution in [3.63, 3.8) is 0 Å². The van der Waals surface area contributed by atoms with Gasteiger partial charge in [-0.15, -0.1) is 0 Å². The van der Waals surface area contributed by atoms with Crippen molar-refractivity contribution in [2.24, 2.45) is 0 Å². The summed E-state index contributed by atoms with van der Waals surface area (Å²) in [5.41, 5.74) is 1.28. The zero-order valence-electron chi connectivity index (χ0n) is 13.6. The number of aromatic nitrogens is 1. The number of nitrogens with one attached hydrogen (secondary N) is 1. The molecule has 0 aliphatic heterocycles. The first kappa shape index (κ1) is 17.4. The number of unbranched alkanes of at least 4 members (excludes halogenated alkanes) is 2. The van der Waals surface area contributed by atoms with Gasteiger partial charge in [-0.2, -0.15) is 0 Å². The Morgan fingerprint density at radius 3 is 2.74 bits per heavy atom. The largest absolute Gasteiger partial charge is 0.462 e. The Morgan fingerprint density at radius 1 is 1.22 bits per heavy atom. The minimum Gasteiger partial charge on any atom is -0.462 e. The van der Waals surface area contributed by atoms with Crippen LogP contribution in [0.25, 0.3) is 10.2 Å². The van der Waals surface area contributed by atoms with E-state index >= 15 is 0 Å². The summed E-state index contributed by atoms with van der Waals surface area (Å²) in [5, 5.41) is 3.38. The Hall–Kier alpha value is -1.95. The minimum atomic E-state index is -0.317. The molecule has 5 nitrogen and oxygen atoms in total. The summed E-state index contributed by atoms with van der Waals surface area (Å²) in [6, 6.07) is 5.26. The summed E-state index contributed by atoms with van der Waals surface area (Å²) in [5.74, 6) is -0.340. The summed E-state index contributed by atoms with van der Waals surface area (Å²) >= 11 is 1.37. The van der Waals surface area contributed by atoms with Gasteiger partial charge in [0.15, 0.2) is 5.13 Å². The monoisotopic (exact) mass is 334 g/mol. The van der Waals surface area contributed by atoms with Gasteiger partial charge in [0.05, 0.1) is 22.4 Å². The van der Waals surface area contributed by atoms with Crippen molar-refractivity contribution in [1.82, 2.24) is 4.98 Å². The molecule has 0 fully saturated rings. The van der Waals surface area contributed by atoms with E-state index in [9.17, 15) is 9.59 Å². The number of carbonyl (C=O) groups excluding carboxylic acids is 2. The predicted molar refractivity (Wildman–Crippen MR) is 93.0 cm³/mol. The maximum atomic E-state index is 12.0. The molecule has 23 heavy (non-hydrogen) atoms. The number of thiazole rings is 1. The highest BCUT2D eigenvalue weighted by atomic mass is 32.1. The SMILES string of the molecule is CCCCOC(=O)c1ccc2nc(NC(=O)CCCC)sc2c1. The molecule has 0 spiro atoms.